The number of ether oxygens (including phenoxy) is 1. The summed E-state index contributed by atoms with van der Waals surface area (Å²) in [6, 6.07) is 4.03. The van der Waals surface area contributed by atoms with Crippen LogP contribution in [0.5, 0.6) is 5.75 Å². The van der Waals surface area contributed by atoms with Crippen molar-refractivity contribution in [3.63, 3.8) is 0 Å². The predicted octanol–water partition coefficient (Wildman–Crippen LogP) is 0.669. The van der Waals surface area contributed by atoms with Crippen molar-refractivity contribution in [3.8, 4) is 5.75 Å². The van der Waals surface area contributed by atoms with Crippen LogP contribution in [0.3, 0.4) is 0 Å². The van der Waals surface area contributed by atoms with Gasteiger partial charge in [0.05, 0.1) is 30.3 Å². The van der Waals surface area contributed by atoms with E-state index in [2.05, 4.69) is 0 Å². The number of benzene rings is 1. The molecule has 1 aliphatic heterocycles. The third-order valence-corrected chi connectivity index (χ3v) is 5.75. The summed E-state index contributed by atoms with van der Waals surface area (Å²) >= 11 is 0. The minimum atomic E-state index is -3.64. The zero-order valence-electron chi connectivity index (χ0n) is 11.6. The van der Waals surface area contributed by atoms with Crippen molar-refractivity contribution in [1.29, 1.82) is 0 Å². The zero-order chi connectivity index (χ0) is 14.9. The summed E-state index contributed by atoms with van der Waals surface area (Å²) in [5.41, 5.74) is 6.04. The van der Waals surface area contributed by atoms with Gasteiger partial charge in [0.25, 0.3) is 0 Å². The van der Waals surface area contributed by atoms with Crippen LogP contribution in [0.2, 0.25) is 0 Å². The van der Waals surface area contributed by atoms with Crippen molar-refractivity contribution in [3.05, 3.63) is 18.2 Å². The molecule has 0 amide bonds. The summed E-state index contributed by atoms with van der Waals surface area (Å²) in [5.74, 6) is 0.586. The van der Waals surface area contributed by atoms with E-state index in [0.717, 1.165) is 6.42 Å². The molecule has 20 heavy (non-hydrogen) atoms. The smallest absolute Gasteiger partial charge is 0.243 e. The molecule has 1 aliphatic rings. The van der Waals surface area contributed by atoms with Gasteiger partial charge >= 0.3 is 0 Å². The maximum absolute atomic E-state index is 12.6. The summed E-state index contributed by atoms with van der Waals surface area (Å²) in [5, 5.41) is 9.40. The van der Waals surface area contributed by atoms with Gasteiger partial charge < -0.3 is 15.6 Å². The first-order chi connectivity index (χ1) is 9.41. The number of nitrogen functional groups attached to an aromatic ring is 1. The van der Waals surface area contributed by atoms with E-state index in [9.17, 15) is 13.5 Å². The lowest BCUT2D eigenvalue weighted by molar-refractivity contribution is 0.191. The van der Waals surface area contributed by atoms with E-state index in [4.69, 9.17) is 10.5 Å². The van der Waals surface area contributed by atoms with Crippen LogP contribution >= 0.6 is 0 Å². The molecule has 7 heteroatoms. The van der Waals surface area contributed by atoms with Crippen molar-refractivity contribution in [2.75, 3.05) is 26.0 Å². The minimum Gasteiger partial charge on any atom is -0.495 e. The van der Waals surface area contributed by atoms with E-state index in [1.54, 1.807) is 0 Å². The first-order valence-corrected chi connectivity index (χ1v) is 7.92. The van der Waals surface area contributed by atoms with E-state index in [0.29, 0.717) is 12.3 Å². The molecule has 2 rings (SSSR count). The summed E-state index contributed by atoms with van der Waals surface area (Å²) in [6.07, 6.45) is 0.746. The van der Waals surface area contributed by atoms with Crippen molar-refractivity contribution in [1.82, 2.24) is 4.31 Å². The third kappa shape index (κ3) is 2.48. The first kappa shape index (κ1) is 15.1. The van der Waals surface area contributed by atoms with Crippen LogP contribution in [0.4, 0.5) is 5.69 Å². The molecule has 0 bridgehead atoms. The second-order valence-electron chi connectivity index (χ2n) is 5.04. The van der Waals surface area contributed by atoms with Gasteiger partial charge in [-0.25, -0.2) is 8.42 Å². The van der Waals surface area contributed by atoms with E-state index in [1.807, 2.05) is 6.92 Å². The number of rotatable bonds is 4. The Balaban J connectivity index is 2.38. The molecule has 2 unspecified atom stereocenters. The topological polar surface area (TPSA) is 92.9 Å². The van der Waals surface area contributed by atoms with Gasteiger partial charge in [0.15, 0.2) is 0 Å². The molecule has 0 radical (unpaired) electrons. The molecule has 1 saturated heterocycles. The quantitative estimate of drug-likeness (QED) is 0.797. The van der Waals surface area contributed by atoms with Crippen LogP contribution in [0.1, 0.15) is 13.3 Å². The number of nitrogens with zero attached hydrogens (tertiary/aromatic N) is 1. The highest BCUT2D eigenvalue weighted by Crippen LogP contribution is 2.32. The number of anilines is 1. The zero-order valence-corrected chi connectivity index (χ0v) is 12.4. The number of sulfonamides is 1. The highest BCUT2D eigenvalue weighted by molar-refractivity contribution is 7.89. The lowest BCUT2D eigenvalue weighted by Crippen LogP contribution is -2.39. The Kier molecular flexibility index (Phi) is 4.22. The maximum Gasteiger partial charge on any atom is 0.243 e. The Morgan fingerprint density at radius 2 is 2.20 bits per heavy atom. The minimum absolute atomic E-state index is 0.128. The number of hydrogen-bond donors (Lipinski definition) is 2. The number of nitrogens with two attached hydrogens (primary N) is 1. The van der Waals surface area contributed by atoms with Crippen molar-refractivity contribution >= 4 is 15.7 Å². The van der Waals surface area contributed by atoms with Crippen molar-refractivity contribution < 1.29 is 18.3 Å². The lowest BCUT2D eigenvalue weighted by atomic mass is 10.0. The molecule has 1 aromatic carbocycles. The predicted molar refractivity (Wildman–Crippen MR) is 76.0 cm³/mol. The standard InChI is InChI=1S/C13H20N2O4S/c1-9-5-6-15(12(9)8-16)20(17,18)10-3-4-13(19-2)11(14)7-10/h3-4,7,9,12,16H,5-6,8,14H2,1-2H3. The second kappa shape index (κ2) is 5.59. The summed E-state index contributed by atoms with van der Waals surface area (Å²) in [6.45, 7) is 2.19. The normalized spacial score (nSPS) is 23.9. The van der Waals surface area contributed by atoms with Gasteiger partial charge in [0.2, 0.25) is 10.0 Å². The Morgan fingerprint density at radius 3 is 2.75 bits per heavy atom. The van der Waals surface area contributed by atoms with Crippen LogP contribution in [0.25, 0.3) is 0 Å². The molecule has 1 fully saturated rings. The molecular weight excluding hydrogens is 280 g/mol. The second-order valence-corrected chi connectivity index (χ2v) is 6.93. The largest absolute Gasteiger partial charge is 0.495 e. The molecule has 0 spiro atoms. The molecule has 3 N–H and O–H groups in total. The SMILES string of the molecule is COc1ccc(S(=O)(=O)N2CCC(C)C2CO)cc1N. The van der Waals surface area contributed by atoms with E-state index >= 15 is 0 Å². The fourth-order valence-corrected chi connectivity index (χ4v) is 4.31. The molecule has 0 aliphatic carbocycles. The Labute approximate surface area is 119 Å². The fourth-order valence-electron chi connectivity index (χ4n) is 2.55. The first-order valence-electron chi connectivity index (χ1n) is 6.48. The van der Waals surface area contributed by atoms with Gasteiger partial charge in [-0.05, 0) is 30.5 Å². The number of aliphatic hydroxyl groups excluding tert-OH is 1. The van der Waals surface area contributed by atoms with Crippen molar-refractivity contribution in [2.45, 2.75) is 24.3 Å². The Bertz CT molecular complexity index is 588. The molecule has 1 aromatic rings. The summed E-state index contributed by atoms with van der Waals surface area (Å²) in [7, 11) is -2.17. The molecule has 0 saturated carbocycles. The fraction of sp³-hybridized carbons (Fsp3) is 0.538. The average Bonchev–Trinajstić information content (AvgIpc) is 2.80. The van der Waals surface area contributed by atoms with Crippen molar-refractivity contribution in [2.24, 2.45) is 5.92 Å². The molecule has 0 aromatic heterocycles. The van der Waals surface area contributed by atoms with E-state index in [-0.39, 0.29) is 29.1 Å². The molecule has 112 valence electrons. The molecule has 6 nitrogen and oxygen atoms in total. The highest BCUT2D eigenvalue weighted by Gasteiger charge is 2.39. The summed E-state index contributed by atoms with van der Waals surface area (Å²) in [4.78, 5) is 0.128. The lowest BCUT2D eigenvalue weighted by Gasteiger charge is -2.24. The van der Waals surface area contributed by atoms with Gasteiger partial charge in [-0.1, -0.05) is 6.92 Å². The third-order valence-electron chi connectivity index (χ3n) is 3.83. The van der Waals surface area contributed by atoms with Gasteiger partial charge in [-0.15, -0.1) is 0 Å². The number of methoxy groups -OCH3 is 1. The van der Waals surface area contributed by atoms with Crippen LogP contribution in [0.15, 0.2) is 23.1 Å². The Hall–Kier alpha value is -1.31. The van der Waals surface area contributed by atoms with Gasteiger partial charge in [0, 0.05) is 6.54 Å². The van der Waals surface area contributed by atoms with Crippen LogP contribution in [-0.2, 0) is 10.0 Å². The summed E-state index contributed by atoms with van der Waals surface area (Å²) < 4.78 is 31.6. The van der Waals surface area contributed by atoms with Gasteiger partial charge in [0.1, 0.15) is 5.75 Å². The van der Waals surface area contributed by atoms with Crippen LogP contribution in [-0.4, -0.2) is 44.1 Å². The average molecular weight is 300 g/mol. The van der Waals surface area contributed by atoms with E-state index in [1.165, 1.54) is 29.6 Å². The van der Waals surface area contributed by atoms with Gasteiger partial charge in [-0.2, -0.15) is 4.31 Å². The number of aliphatic hydroxyl groups is 1. The van der Waals surface area contributed by atoms with Gasteiger partial charge in [-0.3, -0.25) is 0 Å². The van der Waals surface area contributed by atoms with Crippen LogP contribution < -0.4 is 10.5 Å². The molecular formula is C13H20N2O4S. The highest BCUT2D eigenvalue weighted by atomic mass is 32.2. The molecule has 2 atom stereocenters. The maximum atomic E-state index is 12.6. The van der Waals surface area contributed by atoms with E-state index < -0.39 is 10.0 Å². The molecule has 1 heterocycles. The number of hydrogen-bond acceptors (Lipinski definition) is 5. The monoisotopic (exact) mass is 300 g/mol. The van der Waals surface area contributed by atoms with Crippen LogP contribution in [0, 0.1) is 5.92 Å². The Morgan fingerprint density at radius 1 is 1.50 bits per heavy atom.